The molecule has 0 spiro atoms. The van der Waals surface area contributed by atoms with Gasteiger partial charge in [-0.3, -0.25) is 14.4 Å². The first-order valence-corrected chi connectivity index (χ1v) is 6.14. The molecule has 1 aromatic heterocycles. The number of hydrogen-bond donors (Lipinski definition) is 0. The highest BCUT2D eigenvalue weighted by molar-refractivity contribution is 7.92. The molecule has 1 aromatic rings. The molecular formula is C8H11N3O4S. The van der Waals surface area contributed by atoms with E-state index in [9.17, 15) is 18.5 Å². The van der Waals surface area contributed by atoms with Gasteiger partial charge in [-0.25, -0.2) is 13.4 Å². The molecule has 0 amide bonds. The van der Waals surface area contributed by atoms with Crippen LogP contribution in [0.5, 0.6) is 0 Å². The first-order valence-electron chi connectivity index (χ1n) is 4.29. The normalized spacial score (nSPS) is 11.2. The van der Waals surface area contributed by atoms with Crippen LogP contribution in [0.2, 0.25) is 0 Å². The lowest BCUT2D eigenvalue weighted by Crippen LogP contribution is -2.26. The second-order valence-corrected chi connectivity index (χ2v) is 5.30. The topological polar surface area (TPSA) is 93.4 Å². The second kappa shape index (κ2) is 4.05. The van der Waals surface area contributed by atoms with Crippen molar-refractivity contribution in [2.75, 3.05) is 17.6 Å². The largest absolute Gasteiger partial charge is 0.312 e. The van der Waals surface area contributed by atoms with Crippen molar-refractivity contribution in [2.24, 2.45) is 0 Å². The Balaban J connectivity index is 3.42. The molecule has 0 saturated heterocycles. The standard InChI is InChI=1S/C8H11N3O4S/c1-6-4-5-7(11(12)13)8(9-6)10(2)16(3,14)15/h4-5H,1-3H3. The highest BCUT2D eigenvalue weighted by Crippen LogP contribution is 2.26. The summed E-state index contributed by atoms with van der Waals surface area (Å²) in [6, 6.07) is 2.69. The van der Waals surface area contributed by atoms with Gasteiger partial charge in [-0.2, -0.15) is 0 Å². The molecule has 1 heterocycles. The van der Waals surface area contributed by atoms with Crippen LogP contribution in [0.4, 0.5) is 11.5 Å². The van der Waals surface area contributed by atoms with Crippen molar-refractivity contribution in [3.05, 3.63) is 27.9 Å². The number of sulfonamides is 1. The molecule has 1 rings (SSSR count). The average molecular weight is 245 g/mol. The van der Waals surface area contributed by atoms with E-state index in [4.69, 9.17) is 0 Å². The van der Waals surface area contributed by atoms with Gasteiger partial charge in [-0.15, -0.1) is 0 Å². The number of nitrogens with zero attached hydrogens (tertiary/aromatic N) is 3. The lowest BCUT2D eigenvalue weighted by molar-refractivity contribution is -0.384. The molecule has 0 aromatic carbocycles. The summed E-state index contributed by atoms with van der Waals surface area (Å²) in [7, 11) is -2.34. The van der Waals surface area contributed by atoms with Crippen LogP contribution >= 0.6 is 0 Å². The van der Waals surface area contributed by atoms with Crippen molar-refractivity contribution in [3.63, 3.8) is 0 Å². The third kappa shape index (κ3) is 2.45. The summed E-state index contributed by atoms with van der Waals surface area (Å²) in [6.07, 6.45) is 0.959. The van der Waals surface area contributed by atoms with E-state index >= 15 is 0 Å². The zero-order valence-electron chi connectivity index (χ0n) is 9.04. The smallest absolute Gasteiger partial charge is 0.258 e. The van der Waals surface area contributed by atoms with Crippen molar-refractivity contribution in [1.29, 1.82) is 0 Å². The highest BCUT2D eigenvalue weighted by Gasteiger charge is 2.24. The molecule has 0 radical (unpaired) electrons. The quantitative estimate of drug-likeness (QED) is 0.577. The molecule has 0 saturated carbocycles. The van der Waals surface area contributed by atoms with Crippen LogP contribution in [0.15, 0.2) is 12.1 Å². The fourth-order valence-corrected chi connectivity index (χ4v) is 1.52. The van der Waals surface area contributed by atoms with Gasteiger partial charge in [0.15, 0.2) is 0 Å². The number of nitro groups is 1. The van der Waals surface area contributed by atoms with E-state index in [0.717, 1.165) is 10.6 Å². The predicted octanol–water partition coefficient (Wildman–Crippen LogP) is 0.694. The molecular weight excluding hydrogens is 234 g/mol. The van der Waals surface area contributed by atoms with Gasteiger partial charge in [-0.1, -0.05) is 0 Å². The highest BCUT2D eigenvalue weighted by atomic mass is 32.2. The number of anilines is 1. The molecule has 8 heteroatoms. The molecule has 0 unspecified atom stereocenters. The summed E-state index contributed by atoms with van der Waals surface area (Å²) in [4.78, 5) is 13.9. The van der Waals surface area contributed by atoms with Gasteiger partial charge in [0, 0.05) is 18.8 Å². The van der Waals surface area contributed by atoms with E-state index in [1.807, 2.05) is 0 Å². The zero-order chi connectivity index (χ0) is 12.5. The molecule has 88 valence electrons. The van der Waals surface area contributed by atoms with Gasteiger partial charge in [-0.05, 0) is 13.0 Å². The van der Waals surface area contributed by atoms with E-state index < -0.39 is 14.9 Å². The van der Waals surface area contributed by atoms with Crippen LogP contribution in [0.1, 0.15) is 5.69 Å². The first kappa shape index (κ1) is 12.4. The second-order valence-electron chi connectivity index (χ2n) is 3.28. The Morgan fingerprint density at radius 1 is 1.44 bits per heavy atom. The van der Waals surface area contributed by atoms with Crippen LogP contribution in [0, 0.1) is 17.0 Å². The number of hydrogen-bond acceptors (Lipinski definition) is 5. The Morgan fingerprint density at radius 2 is 2.00 bits per heavy atom. The number of rotatable bonds is 3. The zero-order valence-corrected chi connectivity index (χ0v) is 9.85. The maximum Gasteiger partial charge on any atom is 0.312 e. The first-order chi connectivity index (χ1) is 7.23. The van der Waals surface area contributed by atoms with E-state index in [0.29, 0.717) is 5.69 Å². The molecule has 0 N–H and O–H groups in total. The maximum atomic E-state index is 11.3. The summed E-state index contributed by atoms with van der Waals surface area (Å²) in [5.74, 6) is -0.174. The lowest BCUT2D eigenvalue weighted by atomic mass is 10.3. The summed E-state index contributed by atoms with van der Waals surface area (Å²) in [5.41, 5.74) is 0.176. The van der Waals surface area contributed by atoms with Gasteiger partial charge in [0.05, 0.1) is 11.2 Å². The van der Waals surface area contributed by atoms with Crippen molar-refractivity contribution in [2.45, 2.75) is 6.92 Å². The lowest BCUT2D eigenvalue weighted by Gasteiger charge is -2.15. The Hall–Kier alpha value is -1.70. The minimum absolute atomic E-state index is 0.174. The minimum atomic E-state index is -3.56. The van der Waals surface area contributed by atoms with Gasteiger partial charge in [0.25, 0.3) is 0 Å². The number of aromatic nitrogens is 1. The monoisotopic (exact) mass is 245 g/mol. The Labute approximate surface area is 92.9 Å². The molecule has 0 aliphatic rings. The van der Waals surface area contributed by atoms with Gasteiger partial charge >= 0.3 is 5.69 Å². The van der Waals surface area contributed by atoms with Gasteiger partial charge in [0.2, 0.25) is 15.8 Å². The van der Waals surface area contributed by atoms with Gasteiger partial charge < -0.3 is 0 Å². The average Bonchev–Trinajstić information content (AvgIpc) is 2.14. The van der Waals surface area contributed by atoms with E-state index in [1.54, 1.807) is 6.92 Å². The fourth-order valence-electron chi connectivity index (χ4n) is 1.07. The van der Waals surface area contributed by atoms with Crippen LogP contribution in [-0.4, -0.2) is 31.6 Å². The minimum Gasteiger partial charge on any atom is -0.258 e. The molecule has 0 atom stereocenters. The third-order valence-electron chi connectivity index (χ3n) is 1.99. The van der Waals surface area contributed by atoms with Crippen molar-refractivity contribution in [3.8, 4) is 0 Å². The molecule has 0 aliphatic heterocycles. The van der Waals surface area contributed by atoms with Crippen LogP contribution in [0.25, 0.3) is 0 Å². The Kier molecular flexibility index (Phi) is 3.13. The van der Waals surface area contributed by atoms with Crippen LogP contribution in [-0.2, 0) is 10.0 Å². The van der Waals surface area contributed by atoms with Crippen molar-refractivity contribution < 1.29 is 13.3 Å². The van der Waals surface area contributed by atoms with Crippen molar-refractivity contribution in [1.82, 2.24) is 4.98 Å². The maximum absolute atomic E-state index is 11.3. The molecule has 0 bridgehead atoms. The molecule has 0 aliphatic carbocycles. The van der Waals surface area contributed by atoms with E-state index in [2.05, 4.69) is 4.98 Å². The fraction of sp³-hybridized carbons (Fsp3) is 0.375. The predicted molar refractivity (Wildman–Crippen MR) is 58.9 cm³/mol. The summed E-state index contributed by atoms with van der Waals surface area (Å²) >= 11 is 0. The van der Waals surface area contributed by atoms with Crippen LogP contribution in [0.3, 0.4) is 0 Å². The molecule has 7 nitrogen and oxygen atoms in total. The van der Waals surface area contributed by atoms with E-state index in [-0.39, 0.29) is 11.5 Å². The van der Waals surface area contributed by atoms with Crippen LogP contribution < -0.4 is 4.31 Å². The Bertz CT molecular complexity index is 526. The number of aryl methyl sites for hydroxylation is 1. The summed E-state index contributed by atoms with van der Waals surface area (Å²) in [6.45, 7) is 1.63. The van der Waals surface area contributed by atoms with Gasteiger partial charge in [0.1, 0.15) is 0 Å². The Morgan fingerprint density at radius 3 is 2.44 bits per heavy atom. The summed E-state index contributed by atoms with van der Waals surface area (Å²) in [5, 5.41) is 10.7. The molecule has 16 heavy (non-hydrogen) atoms. The SMILES string of the molecule is Cc1ccc([N+](=O)[O-])c(N(C)S(C)(=O)=O)n1. The summed E-state index contributed by atoms with van der Waals surface area (Å²) < 4.78 is 23.4. The third-order valence-corrected chi connectivity index (χ3v) is 3.15. The molecule has 0 fully saturated rings. The van der Waals surface area contributed by atoms with E-state index in [1.165, 1.54) is 19.2 Å². The van der Waals surface area contributed by atoms with Crippen molar-refractivity contribution >= 4 is 21.5 Å². The number of pyridine rings is 1.